The zero-order valence-corrected chi connectivity index (χ0v) is 10.5. The lowest BCUT2D eigenvalue weighted by molar-refractivity contribution is 0.432. The third-order valence-electron chi connectivity index (χ3n) is 2.88. The molecule has 1 rings (SSSR count). The first-order valence-electron chi connectivity index (χ1n) is 5.56. The standard InChI is InChI=1S/C12H20N4/c1-10-11(8-15-16(10)4)7-14-6-5-12(2,3)9-13/h8,14H,5-7H2,1-4H3. The van der Waals surface area contributed by atoms with E-state index in [9.17, 15) is 0 Å². The molecule has 0 spiro atoms. The summed E-state index contributed by atoms with van der Waals surface area (Å²) >= 11 is 0. The van der Waals surface area contributed by atoms with E-state index in [0.29, 0.717) is 0 Å². The normalized spacial score (nSPS) is 11.4. The van der Waals surface area contributed by atoms with Gasteiger partial charge in [0, 0.05) is 24.8 Å². The van der Waals surface area contributed by atoms with Crippen molar-refractivity contribution >= 4 is 0 Å². The summed E-state index contributed by atoms with van der Waals surface area (Å²) in [7, 11) is 1.94. The Balaban J connectivity index is 2.32. The number of hydrogen-bond acceptors (Lipinski definition) is 3. The molecule has 0 bridgehead atoms. The molecule has 0 saturated heterocycles. The molecule has 0 fully saturated rings. The minimum atomic E-state index is -0.239. The van der Waals surface area contributed by atoms with Crippen molar-refractivity contribution in [1.29, 1.82) is 5.26 Å². The fourth-order valence-electron chi connectivity index (χ4n) is 1.40. The predicted octanol–water partition coefficient (Wildman–Crippen LogP) is 1.76. The number of nitriles is 1. The van der Waals surface area contributed by atoms with Gasteiger partial charge < -0.3 is 5.32 Å². The number of nitrogens with zero attached hydrogens (tertiary/aromatic N) is 3. The third kappa shape index (κ3) is 3.35. The van der Waals surface area contributed by atoms with Crippen LogP contribution in [0.25, 0.3) is 0 Å². The Labute approximate surface area is 97.3 Å². The number of hydrogen-bond donors (Lipinski definition) is 1. The zero-order chi connectivity index (χ0) is 12.2. The van der Waals surface area contributed by atoms with Crippen LogP contribution in [0.4, 0.5) is 0 Å². The third-order valence-corrected chi connectivity index (χ3v) is 2.88. The summed E-state index contributed by atoms with van der Waals surface area (Å²) < 4.78 is 1.87. The van der Waals surface area contributed by atoms with E-state index >= 15 is 0 Å². The van der Waals surface area contributed by atoms with Gasteiger partial charge in [0.25, 0.3) is 0 Å². The SMILES string of the molecule is Cc1c(CNCCC(C)(C)C#N)cnn1C. The summed E-state index contributed by atoms with van der Waals surface area (Å²) in [6.45, 7) is 7.66. The van der Waals surface area contributed by atoms with E-state index in [4.69, 9.17) is 5.26 Å². The van der Waals surface area contributed by atoms with Crippen molar-refractivity contribution < 1.29 is 0 Å². The molecular weight excluding hydrogens is 200 g/mol. The fraction of sp³-hybridized carbons (Fsp3) is 0.667. The van der Waals surface area contributed by atoms with Gasteiger partial charge >= 0.3 is 0 Å². The summed E-state index contributed by atoms with van der Waals surface area (Å²) in [5.41, 5.74) is 2.17. The number of rotatable bonds is 5. The Kier molecular flexibility index (Phi) is 4.08. The molecule has 0 amide bonds. The first-order valence-corrected chi connectivity index (χ1v) is 5.56. The van der Waals surface area contributed by atoms with Crippen LogP contribution in [0.2, 0.25) is 0 Å². The molecule has 1 heterocycles. The summed E-state index contributed by atoms with van der Waals surface area (Å²) in [6, 6.07) is 2.30. The maximum Gasteiger partial charge on any atom is 0.0684 e. The van der Waals surface area contributed by atoms with E-state index in [0.717, 1.165) is 19.5 Å². The molecule has 0 aliphatic carbocycles. The molecule has 4 nitrogen and oxygen atoms in total. The van der Waals surface area contributed by atoms with Crippen LogP contribution in [0.5, 0.6) is 0 Å². The molecule has 0 radical (unpaired) electrons. The highest BCUT2D eigenvalue weighted by molar-refractivity contribution is 5.15. The van der Waals surface area contributed by atoms with Crippen molar-refractivity contribution in [3.05, 3.63) is 17.5 Å². The van der Waals surface area contributed by atoms with Crippen LogP contribution in [0.15, 0.2) is 6.20 Å². The molecule has 0 unspecified atom stereocenters. The second-order valence-corrected chi connectivity index (χ2v) is 4.80. The largest absolute Gasteiger partial charge is 0.312 e. The molecule has 0 aliphatic heterocycles. The first kappa shape index (κ1) is 12.7. The highest BCUT2D eigenvalue weighted by atomic mass is 15.3. The Morgan fingerprint density at radius 1 is 1.56 bits per heavy atom. The topological polar surface area (TPSA) is 53.6 Å². The van der Waals surface area contributed by atoms with E-state index in [1.807, 2.05) is 31.8 Å². The lowest BCUT2D eigenvalue weighted by atomic mass is 9.91. The molecule has 0 saturated carbocycles. The predicted molar refractivity (Wildman–Crippen MR) is 63.7 cm³/mol. The van der Waals surface area contributed by atoms with Crippen molar-refractivity contribution in [3.8, 4) is 6.07 Å². The van der Waals surface area contributed by atoms with E-state index in [-0.39, 0.29) is 5.41 Å². The molecular formula is C12H20N4. The van der Waals surface area contributed by atoms with Gasteiger partial charge in [0.15, 0.2) is 0 Å². The van der Waals surface area contributed by atoms with Crippen LogP contribution < -0.4 is 5.32 Å². The van der Waals surface area contributed by atoms with Gasteiger partial charge in [-0.15, -0.1) is 0 Å². The minimum Gasteiger partial charge on any atom is -0.312 e. The lowest BCUT2D eigenvalue weighted by Crippen LogP contribution is -2.21. The second-order valence-electron chi connectivity index (χ2n) is 4.80. The summed E-state index contributed by atoms with van der Waals surface area (Å²) in [4.78, 5) is 0. The van der Waals surface area contributed by atoms with Crippen LogP contribution in [0.1, 0.15) is 31.5 Å². The Hall–Kier alpha value is -1.34. The van der Waals surface area contributed by atoms with Gasteiger partial charge in [0.1, 0.15) is 0 Å². The van der Waals surface area contributed by atoms with Crippen LogP contribution in [0.3, 0.4) is 0 Å². The van der Waals surface area contributed by atoms with Crippen LogP contribution >= 0.6 is 0 Å². The monoisotopic (exact) mass is 220 g/mol. The first-order chi connectivity index (χ1) is 7.46. The van der Waals surface area contributed by atoms with Crippen LogP contribution in [0, 0.1) is 23.7 Å². The lowest BCUT2D eigenvalue weighted by Gasteiger charge is -2.14. The van der Waals surface area contributed by atoms with Gasteiger partial charge in [-0.3, -0.25) is 4.68 Å². The molecule has 1 aromatic rings. The number of aryl methyl sites for hydroxylation is 1. The van der Waals surface area contributed by atoms with Gasteiger partial charge in [0.2, 0.25) is 0 Å². The molecule has 1 N–H and O–H groups in total. The van der Waals surface area contributed by atoms with E-state index in [2.05, 4.69) is 23.4 Å². The minimum absolute atomic E-state index is 0.239. The fourth-order valence-corrected chi connectivity index (χ4v) is 1.40. The molecule has 4 heteroatoms. The number of aromatic nitrogens is 2. The second kappa shape index (κ2) is 5.13. The van der Waals surface area contributed by atoms with E-state index in [1.54, 1.807) is 0 Å². The maximum absolute atomic E-state index is 8.87. The van der Waals surface area contributed by atoms with Crippen LogP contribution in [-0.4, -0.2) is 16.3 Å². The summed E-state index contributed by atoms with van der Waals surface area (Å²) in [6.07, 6.45) is 2.75. The molecule has 0 atom stereocenters. The van der Waals surface area contributed by atoms with Gasteiger partial charge in [-0.2, -0.15) is 10.4 Å². The Bertz CT molecular complexity index is 384. The smallest absolute Gasteiger partial charge is 0.0684 e. The summed E-state index contributed by atoms with van der Waals surface area (Å²) in [5, 5.41) is 16.4. The molecule has 88 valence electrons. The highest BCUT2D eigenvalue weighted by Gasteiger charge is 2.15. The summed E-state index contributed by atoms with van der Waals surface area (Å²) in [5.74, 6) is 0. The van der Waals surface area contributed by atoms with E-state index < -0.39 is 0 Å². The van der Waals surface area contributed by atoms with Gasteiger partial charge in [-0.05, 0) is 33.7 Å². The molecule has 0 aromatic carbocycles. The average molecular weight is 220 g/mol. The van der Waals surface area contributed by atoms with E-state index in [1.165, 1.54) is 11.3 Å². The van der Waals surface area contributed by atoms with Crippen molar-refractivity contribution in [3.63, 3.8) is 0 Å². The van der Waals surface area contributed by atoms with Crippen molar-refractivity contribution in [2.24, 2.45) is 12.5 Å². The zero-order valence-electron chi connectivity index (χ0n) is 10.5. The molecule has 0 aliphatic rings. The molecule has 16 heavy (non-hydrogen) atoms. The Morgan fingerprint density at radius 2 is 2.25 bits per heavy atom. The van der Waals surface area contributed by atoms with Crippen LogP contribution in [-0.2, 0) is 13.6 Å². The van der Waals surface area contributed by atoms with Gasteiger partial charge in [-0.25, -0.2) is 0 Å². The van der Waals surface area contributed by atoms with Crippen molar-refractivity contribution in [2.45, 2.75) is 33.7 Å². The van der Waals surface area contributed by atoms with Gasteiger partial charge in [-0.1, -0.05) is 0 Å². The van der Waals surface area contributed by atoms with Crippen molar-refractivity contribution in [2.75, 3.05) is 6.54 Å². The maximum atomic E-state index is 8.87. The average Bonchev–Trinajstić information content (AvgIpc) is 2.56. The van der Waals surface area contributed by atoms with Gasteiger partial charge in [0.05, 0.1) is 17.7 Å². The van der Waals surface area contributed by atoms with Crippen molar-refractivity contribution in [1.82, 2.24) is 15.1 Å². The number of nitrogens with one attached hydrogen (secondary N) is 1. The Morgan fingerprint density at radius 3 is 2.75 bits per heavy atom. The molecule has 1 aromatic heterocycles. The quantitative estimate of drug-likeness (QED) is 0.769. The highest BCUT2D eigenvalue weighted by Crippen LogP contribution is 2.17.